The van der Waals surface area contributed by atoms with Gasteiger partial charge in [0.05, 0.1) is 11.0 Å². The van der Waals surface area contributed by atoms with Crippen molar-refractivity contribution in [3.63, 3.8) is 0 Å². The van der Waals surface area contributed by atoms with E-state index in [2.05, 4.69) is 69.0 Å². The van der Waals surface area contributed by atoms with Crippen LogP contribution in [0.5, 0.6) is 0 Å². The summed E-state index contributed by atoms with van der Waals surface area (Å²) in [6.07, 6.45) is 3.66. The zero-order valence-electron chi connectivity index (χ0n) is 12.0. The SMILES string of the molecule is BrCCCCCn1c(-c2ccccc2)nc2ccccc21. The minimum atomic E-state index is 1.03. The molecular weight excluding hydrogens is 324 g/mol. The van der Waals surface area contributed by atoms with Gasteiger partial charge in [-0.15, -0.1) is 0 Å². The van der Waals surface area contributed by atoms with Crippen molar-refractivity contribution in [2.75, 3.05) is 5.33 Å². The number of para-hydroxylation sites is 2. The highest BCUT2D eigenvalue weighted by Gasteiger charge is 2.11. The van der Waals surface area contributed by atoms with Crippen LogP contribution in [0.4, 0.5) is 0 Å². The number of hydrogen-bond donors (Lipinski definition) is 0. The zero-order valence-corrected chi connectivity index (χ0v) is 13.6. The third kappa shape index (κ3) is 3.18. The number of unbranched alkanes of at least 4 members (excludes halogenated alkanes) is 2. The van der Waals surface area contributed by atoms with Crippen LogP contribution in [0.2, 0.25) is 0 Å². The van der Waals surface area contributed by atoms with Crippen molar-refractivity contribution in [2.24, 2.45) is 0 Å². The van der Waals surface area contributed by atoms with Crippen LogP contribution in [0.3, 0.4) is 0 Å². The Bertz CT molecular complexity index is 704. The van der Waals surface area contributed by atoms with E-state index in [9.17, 15) is 0 Å². The lowest BCUT2D eigenvalue weighted by atomic mass is 10.2. The Morgan fingerprint density at radius 1 is 0.857 bits per heavy atom. The lowest BCUT2D eigenvalue weighted by Crippen LogP contribution is -2.01. The molecule has 1 aromatic heterocycles. The van der Waals surface area contributed by atoms with Crippen molar-refractivity contribution in [1.82, 2.24) is 9.55 Å². The molecule has 0 aliphatic rings. The molecule has 0 aliphatic carbocycles. The van der Waals surface area contributed by atoms with Gasteiger partial charge in [-0.3, -0.25) is 0 Å². The van der Waals surface area contributed by atoms with E-state index in [0.717, 1.165) is 23.2 Å². The minimum absolute atomic E-state index is 1.03. The number of rotatable bonds is 6. The molecular formula is C18H19BrN2. The van der Waals surface area contributed by atoms with Gasteiger partial charge in [-0.2, -0.15) is 0 Å². The van der Waals surface area contributed by atoms with Gasteiger partial charge in [0.15, 0.2) is 0 Å². The smallest absolute Gasteiger partial charge is 0.141 e. The number of benzene rings is 2. The predicted molar refractivity (Wildman–Crippen MR) is 92.8 cm³/mol. The van der Waals surface area contributed by atoms with E-state index in [0.29, 0.717) is 0 Å². The van der Waals surface area contributed by atoms with Crippen LogP contribution in [0.15, 0.2) is 54.6 Å². The summed E-state index contributed by atoms with van der Waals surface area (Å²) in [5.41, 5.74) is 3.50. The first-order valence-corrected chi connectivity index (χ1v) is 8.59. The van der Waals surface area contributed by atoms with Crippen molar-refractivity contribution in [2.45, 2.75) is 25.8 Å². The molecule has 0 bridgehead atoms. The van der Waals surface area contributed by atoms with E-state index >= 15 is 0 Å². The number of halogens is 1. The van der Waals surface area contributed by atoms with E-state index in [4.69, 9.17) is 4.98 Å². The second-order valence-electron chi connectivity index (χ2n) is 5.19. The lowest BCUT2D eigenvalue weighted by molar-refractivity contribution is 0.620. The van der Waals surface area contributed by atoms with Crippen LogP contribution >= 0.6 is 15.9 Å². The molecule has 3 rings (SSSR count). The fourth-order valence-electron chi connectivity index (χ4n) is 2.65. The van der Waals surface area contributed by atoms with Crippen molar-refractivity contribution in [3.8, 4) is 11.4 Å². The number of aromatic nitrogens is 2. The van der Waals surface area contributed by atoms with Gasteiger partial charge in [0.1, 0.15) is 5.82 Å². The number of aryl methyl sites for hydroxylation is 1. The van der Waals surface area contributed by atoms with E-state index in [1.165, 1.54) is 30.3 Å². The molecule has 3 heteroatoms. The van der Waals surface area contributed by atoms with Crippen molar-refractivity contribution in [3.05, 3.63) is 54.6 Å². The molecule has 0 amide bonds. The number of imidazole rings is 1. The quantitative estimate of drug-likeness (QED) is 0.440. The van der Waals surface area contributed by atoms with E-state index in [1.807, 2.05) is 6.07 Å². The highest BCUT2D eigenvalue weighted by molar-refractivity contribution is 9.09. The molecule has 0 radical (unpaired) electrons. The number of fused-ring (bicyclic) bond motifs is 1. The molecule has 2 aromatic carbocycles. The zero-order chi connectivity index (χ0) is 14.5. The summed E-state index contributed by atoms with van der Waals surface area (Å²) in [4.78, 5) is 4.84. The molecule has 0 unspecified atom stereocenters. The van der Waals surface area contributed by atoms with Gasteiger partial charge in [0, 0.05) is 17.4 Å². The minimum Gasteiger partial charge on any atom is -0.324 e. The first-order chi connectivity index (χ1) is 10.4. The van der Waals surface area contributed by atoms with E-state index in [-0.39, 0.29) is 0 Å². The maximum absolute atomic E-state index is 4.84. The highest BCUT2D eigenvalue weighted by atomic mass is 79.9. The van der Waals surface area contributed by atoms with Crippen molar-refractivity contribution < 1.29 is 0 Å². The maximum Gasteiger partial charge on any atom is 0.141 e. The molecule has 0 saturated heterocycles. The van der Waals surface area contributed by atoms with Gasteiger partial charge < -0.3 is 4.57 Å². The first kappa shape index (κ1) is 14.3. The van der Waals surface area contributed by atoms with Gasteiger partial charge >= 0.3 is 0 Å². The molecule has 0 N–H and O–H groups in total. The lowest BCUT2D eigenvalue weighted by Gasteiger charge is -2.09. The molecule has 108 valence electrons. The van der Waals surface area contributed by atoms with Crippen LogP contribution in [0.25, 0.3) is 22.4 Å². The van der Waals surface area contributed by atoms with Crippen molar-refractivity contribution >= 4 is 27.0 Å². The fraction of sp³-hybridized carbons (Fsp3) is 0.278. The average Bonchev–Trinajstić information content (AvgIpc) is 2.91. The molecule has 2 nitrogen and oxygen atoms in total. The van der Waals surface area contributed by atoms with Crippen molar-refractivity contribution in [1.29, 1.82) is 0 Å². The Balaban J connectivity index is 1.98. The molecule has 0 spiro atoms. The first-order valence-electron chi connectivity index (χ1n) is 7.47. The third-order valence-corrected chi connectivity index (χ3v) is 4.26. The molecule has 0 fully saturated rings. The summed E-state index contributed by atoms with van der Waals surface area (Å²) in [7, 11) is 0. The number of hydrogen-bond acceptors (Lipinski definition) is 1. The Hall–Kier alpha value is -1.61. The van der Waals surface area contributed by atoms with E-state index < -0.39 is 0 Å². The van der Waals surface area contributed by atoms with Gasteiger partial charge in [0.2, 0.25) is 0 Å². The molecule has 0 aliphatic heterocycles. The topological polar surface area (TPSA) is 17.8 Å². The van der Waals surface area contributed by atoms with Gasteiger partial charge in [-0.05, 0) is 25.0 Å². The van der Waals surface area contributed by atoms with Crippen LogP contribution < -0.4 is 0 Å². The maximum atomic E-state index is 4.84. The van der Waals surface area contributed by atoms with Gasteiger partial charge in [-0.1, -0.05) is 64.8 Å². The second-order valence-corrected chi connectivity index (χ2v) is 5.98. The summed E-state index contributed by atoms with van der Waals surface area (Å²) in [6, 6.07) is 18.9. The Morgan fingerprint density at radius 2 is 1.62 bits per heavy atom. The Morgan fingerprint density at radius 3 is 2.43 bits per heavy atom. The third-order valence-electron chi connectivity index (χ3n) is 3.70. The Labute approximate surface area is 134 Å². The molecule has 3 aromatic rings. The van der Waals surface area contributed by atoms with Gasteiger partial charge in [0.25, 0.3) is 0 Å². The van der Waals surface area contributed by atoms with Crippen LogP contribution in [0, 0.1) is 0 Å². The monoisotopic (exact) mass is 342 g/mol. The summed E-state index contributed by atoms with van der Waals surface area (Å²) in [5, 5.41) is 1.09. The average molecular weight is 343 g/mol. The van der Waals surface area contributed by atoms with E-state index in [1.54, 1.807) is 0 Å². The molecule has 21 heavy (non-hydrogen) atoms. The summed E-state index contributed by atoms with van der Waals surface area (Å²) in [6.45, 7) is 1.03. The second kappa shape index (κ2) is 6.90. The fourth-order valence-corrected chi connectivity index (χ4v) is 3.05. The molecule has 0 atom stereocenters. The normalized spacial score (nSPS) is 11.1. The highest BCUT2D eigenvalue weighted by Crippen LogP contribution is 2.25. The number of alkyl halides is 1. The summed E-state index contributed by atoms with van der Waals surface area (Å²) < 4.78 is 2.36. The molecule has 0 saturated carbocycles. The molecule has 1 heterocycles. The predicted octanol–water partition coefficient (Wildman–Crippen LogP) is 5.27. The van der Waals surface area contributed by atoms with Crippen LogP contribution in [-0.2, 0) is 6.54 Å². The largest absolute Gasteiger partial charge is 0.324 e. The summed E-state index contributed by atoms with van der Waals surface area (Å²) in [5.74, 6) is 1.08. The van der Waals surface area contributed by atoms with Crippen LogP contribution in [0.1, 0.15) is 19.3 Å². The standard InChI is InChI=1S/C18H19BrN2/c19-13-7-2-8-14-21-17-12-6-5-11-16(17)20-18(21)15-9-3-1-4-10-15/h1,3-6,9-12H,2,7-8,13-14H2. The van der Waals surface area contributed by atoms with Crippen LogP contribution in [-0.4, -0.2) is 14.9 Å². The number of nitrogens with zero attached hydrogens (tertiary/aromatic N) is 2. The summed E-state index contributed by atoms with van der Waals surface area (Å²) >= 11 is 3.50. The van der Waals surface area contributed by atoms with Gasteiger partial charge in [-0.25, -0.2) is 4.98 Å². The Kier molecular flexibility index (Phi) is 4.71.